The zero-order valence-corrected chi connectivity index (χ0v) is 16.3. The minimum absolute atomic E-state index is 0.162. The minimum atomic E-state index is -4.75. The number of halogens is 3. The summed E-state index contributed by atoms with van der Waals surface area (Å²) in [5.74, 6) is 0.511. The predicted molar refractivity (Wildman–Crippen MR) is 106 cm³/mol. The number of carbonyl (C=O) groups excluding carboxylic acids is 1. The summed E-state index contributed by atoms with van der Waals surface area (Å²) in [4.78, 5) is 19.4. The Morgan fingerprint density at radius 2 is 1.93 bits per heavy atom. The van der Waals surface area contributed by atoms with Crippen molar-refractivity contribution in [3.8, 4) is 5.75 Å². The number of likely N-dealkylation sites (tertiary alicyclic amines) is 1. The zero-order chi connectivity index (χ0) is 21.3. The molecule has 2 amide bonds. The molecule has 1 atom stereocenters. The van der Waals surface area contributed by atoms with E-state index in [4.69, 9.17) is 4.98 Å². The molecule has 6 nitrogen and oxygen atoms in total. The van der Waals surface area contributed by atoms with Crippen LogP contribution in [0.15, 0.2) is 48.5 Å². The van der Waals surface area contributed by atoms with Gasteiger partial charge in [0.05, 0.1) is 17.1 Å². The average Bonchev–Trinajstić information content (AvgIpc) is 3.32. The highest BCUT2D eigenvalue weighted by Gasteiger charge is 2.34. The first-order valence-corrected chi connectivity index (χ1v) is 9.74. The van der Waals surface area contributed by atoms with Crippen LogP contribution in [0.1, 0.15) is 31.6 Å². The highest BCUT2D eigenvalue weighted by atomic mass is 19.4. The summed E-state index contributed by atoms with van der Waals surface area (Å²) >= 11 is 0. The molecule has 0 spiro atoms. The molecule has 4 rings (SSSR count). The van der Waals surface area contributed by atoms with E-state index in [1.54, 1.807) is 4.90 Å². The summed E-state index contributed by atoms with van der Waals surface area (Å²) in [6.45, 7) is 3.36. The van der Waals surface area contributed by atoms with Crippen LogP contribution in [0.4, 0.5) is 23.7 Å². The molecule has 1 unspecified atom stereocenters. The Labute approximate surface area is 171 Å². The second-order valence-electron chi connectivity index (χ2n) is 7.06. The number of aromatic nitrogens is 2. The standard InChI is InChI=1S/C21H21F3N4O2/c1-2-27-17-7-4-3-6-16(17)26-19(27)18-8-5-13-28(18)20(29)25-14-9-11-15(12-10-14)30-21(22,23)24/h3-4,6-7,9-12,18H,2,5,8,13H2,1H3,(H,25,29). The lowest BCUT2D eigenvalue weighted by Crippen LogP contribution is -2.35. The number of aryl methyl sites for hydroxylation is 1. The predicted octanol–water partition coefficient (Wildman–Crippen LogP) is 5.32. The lowest BCUT2D eigenvalue weighted by molar-refractivity contribution is -0.274. The molecular weight excluding hydrogens is 397 g/mol. The van der Waals surface area contributed by atoms with Gasteiger partial charge in [-0.25, -0.2) is 9.78 Å². The summed E-state index contributed by atoms with van der Waals surface area (Å²) in [5, 5.41) is 2.76. The van der Waals surface area contributed by atoms with Crippen molar-refractivity contribution < 1.29 is 22.7 Å². The van der Waals surface area contributed by atoms with Gasteiger partial charge in [0, 0.05) is 18.8 Å². The van der Waals surface area contributed by atoms with Gasteiger partial charge in [0.25, 0.3) is 0 Å². The quantitative estimate of drug-likeness (QED) is 0.624. The lowest BCUT2D eigenvalue weighted by atomic mass is 10.2. The number of alkyl halides is 3. The van der Waals surface area contributed by atoms with Gasteiger partial charge < -0.3 is 19.5 Å². The molecule has 0 aliphatic carbocycles. The monoisotopic (exact) mass is 418 g/mol. The van der Waals surface area contributed by atoms with Gasteiger partial charge in [-0.05, 0) is 56.2 Å². The lowest BCUT2D eigenvalue weighted by Gasteiger charge is -2.25. The molecule has 0 radical (unpaired) electrons. The molecule has 0 saturated carbocycles. The van der Waals surface area contributed by atoms with Gasteiger partial charge in [0.1, 0.15) is 11.6 Å². The van der Waals surface area contributed by atoms with Crippen molar-refractivity contribution in [3.05, 3.63) is 54.4 Å². The number of imidazole rings is 1. The van der Waals surface area contributed by atoms with Crippen LogP contribution in [0.5, 0.6) is 5.75 Å². The van der Waals surface area contributed by atoms with Gasteiger partial charge in [0.15, 0.2) is 0 Å². The van der Waals surface area contributed by atoms with E-state index in [0.29, 0.717) is 12.2 Å². The van der Waals surface area contributed by atoms with Crippen LogP contribution in [-0.2, 0) is 6.54 Å². The smallest absolute Gasteiger partial charge is 0.406 e. The first kappa shape index (κ1) is 20.1. The number of nitrogens with one attached hydrogen (secondary N) is 1. The maximum atomic E-state index is 12.9. The van der Waals surface area contributed by atoms with Crippen LogP contribution in [0, 0.1) is 0 Å². The number of benzene rings is 2. The van der Waals surface area contributed by atoms with Gasteiger partial charge in [-0.15, -0.1) is 13.2 Å². The highest BCUT2D eigenvalue weighted by Crippen LogP contribution is 2.34. The fourth-order valence-electron chi connectivity index (χ4n) is 3.89. The van der Waals surface area contributed by atoms with E-state index in [2.05, 4.69) is 14.6 Å². The summed E-state index contributed by atoms with van der Waals surface area (Å²) in [5.41, 5.74) is 2.31. The SMILES string of the molecule is CCn1c(C2CCCN2C(=O)Nc2ccc(OC(F)(F)F)cc2)nc2ccccc21. The molecule has 1 N–H and O–H groups in total. The van der Waals surface area contributed by atoms with E-state index in [-0.39, 0.29) is 17.8 Å². The van der Waals surface area contributed by atoms with Gasteiger partial charge in [-0.1, -0.05) is 12.1 Å². The Balaban J connectivity index is 1.52. The summed E-state index contributed by atoms with van der Waals surface area (Å²) in [7, 11) is 0. The average molecular weight is 418 g/mol. The number of fused-ring (bicyclic) bond motifs is 1. The fraction of sp³-hybridized carbons (Fsp3) is 0.333. The van der Waals surface area contributed by atoms with E-state index < -0.39 is 6.36 Å². The number of para-hydroxylation sites is 2. The minimum Gasteiger partial charge on any atom is -0.406 e. The van der Waals surface area contributed by atoms with Gasteiger partial charge in [-0.3, -0.25) is 0 Å². The van der Waals surface area contributed by atoms with Crippen LogP contribution in [0.2, 0.25) is 0 Å². The molecule has 0 bridgehead atoms. The van der Waals surface area contributed by atoms with Crippen molar-refractivity contribution in [2.24, 2.45) is 0 Å². The molecule has 1 aromatic heterocycles. The van der Waals surface area contributed by atoms with Crippen molar-refractivity contribution >= 4 is 22.8 Å². The normalized spacial score (nSPS) is 16.8. The number of ether oxygens (including phenoxy) is 1. The van der Waals surface area contributed by atoms with Crippen LogP contribution in [-0.4, -0.2) is 33.4 Å². The third-order valence-corrected chi connectivity index (χ3v) is 5.15. The largest absolute Gasteiger partial charge is 0.573 e. The maximum Gasteiger partial charge on any atom is 0.573 e. The third kappa shape index (κ3) is 4.05. The fourth-order valence-corrected chi connectivity index (χ4v) is 3.89. The molecule has 1 fully saturated rings. The third-order valence-electron chi connectivity index (χ3n) is 5.15. The van der Waals surface area contributed by atoms with Crippen molar-refractivity contribution in [2.45, 2.75) is 38.7 Å². The van der Waals surface area contributed by atoms with E-state index in [1.807, 2.05) is 31.2 Å². The van der Waals surface area contributed by atoms with Crippen molar-refractivity contribution in [3.63, 3.8) is 0 Å². The molecule has 9 heteroatoms. The van der Waals surface area contributed by atoms with Gasteiger partial charge >= 0.3 is 12.4 Å². The number of rotatable bonds is 4. The highest BCUT2D eigenvalue weighted by molar-refractivity contribution is 5.90. The Bertz CT molecular complexity index is 1050. The topological polar surface area (TPSA) is 59.4 Å². The van der Waals surface area contributed by atoms with Gasteiger partial charge in [0.2, 0.25) is 0 Å². The van der Waals surface area contributed by atoms with Crippen LogP contribution < -0.4 is 10.1 Å². The second kappa shape index (κ2) is 7.89. The molecular formula is C21H21F3N4O2. The maximum absolute atomic E-state index is 12.9. The van der Waals surface area contributed by atoms with Gasteiger partial charge in [-0.2, -0.15) is 0 Å². The summed E-state index contributed by atoms with van der Waals surface area (Å²) in [6.07, 6.45) is -3.10. The summed E-state index contributed by atoms with van der Waals surface area (Å²) in [6, 6.07) is 12.5. The van der Waals surface area contributed by atoms with E-state index in [0.717, 1.165) is 36.2 Å². The zero-order valence-electron chi connectivity index (χ0n) is 16.3. The molecule has 2 aromatic carbocycles. The molecule has 1 aliphatic heterocycles. The van der Waals surface area contributed by atoms with Crippen LogP contribution >= 0.6 is 0 Å². The van der Waals surface area contributed by atoms with Crippen molar-refractivity contribution in [2.75, 3.05) is 11.9 Å². The Hall–Kier alpha value is -3.23. The number of amides is 2. The number of anilines is 1. The molecule has 1 aliphatic rings. The first-order valence-electron chi connectivity index (χ1n) is 9.74. The number of hydrogen-bond donors (Lipinski definition) is 1. The Morgan fingerprint density at radius 1 is 1.20 bits per heavy atom. The molecule has 3 aromatic rings. The van der Waals surface area contributed by atoms with E-state index in [9.17, 15) is 18.0 Å². The van der Waals surface area contributed by atoms with Crippen molar-refractivity contribution in [1.82, 2.24) is 14.5 Å². The second-order valence-corrected chi connectivity index (χ2v) is 7.06. The molecule has 30 heavy (non-hydrogen) atoms. The van der Waals surface area contributed by atoms with Crippen molar-refractivity contribution in [1.29, 1.82) is 0 Å². The molecule has 2 heterocycles. The molecule has 1 saturated heterocycles. The molecule has 158 valence electrons. The number of carbonyl (C=O) groups is 1. The van der Waals surface area contributed by atoms with Crippen LogP contribution in [0.3, 0.4) is 0 Å². The van der Waals surface area contributed by atoms with E-state index >= 15 is 0 Å². The Morgan fingerprint density at radius 3 is 2.63 bits per heavy atom. The number of nitrogens with zero attached hydrogens (tertiary/aromatic N) is 3. The summed E-state index contributed by atoms with van der Waals surface area (Å²) < 4.78 is 42.9. The van der Waals surface area contributed by atoms with E-state index in [1.165, 1.54) is 24.3 Å². The van der Waals surface area contributed by atoms with Crippen LogP contribution in [0.25, 0.3) is 11.0 Å². The number of urea groups is 1. The Kier molecular flexibility index (Phi) is 5.27. The number of hydrogen-bond acceptors (Lipinski definition) is 3. The first-order chi connectivity index (χ1) is 14.4.